The van der Waals surface area contributed by atoms with Gasteiger partial charge in [0.25, 0.3) is 0 Å². The average molecular weight is 162 g/mol. The van der Waals surface area contributed by atoms with E-state index in [2.05, 4.69) is 13.8 Å². The molecule has 0 aliphatic carbocycles. The molecule has 0 radical (unpaired) electrons. The first-order chi connectivity index (χ1) is 4.98. The lowest BCUT2D eigenvalue weighted by Crippen LogP contribution is -2.22. The maximum atomic E-state index is 13.0. The van der Waals surface area contributed by atoms with Crippen molar-refractivity contribution in [3.05, 3.63) is 0 Å². The van der Waals surface area contributed by atoms with Gasteiger partial charge in [0.15, 0.2) is 0 Å². The second kappa shape index (κ2) is 4.70. The van der Waals surface area contributed by atoms with Crippen molar-refractivity contribution in [1.82, 2.24) is 0 Å². The number of hydrogen-bond acceptors (Lipinski definition) is 1. The summed E-state index contributed by atoms with van der Waals surface area (Å²) in [6.45, 7) is 5.33. The summed E-state index contributed by atoms with van der Waals surface area (Å²) in [5.74, 6) is 0.629. The summed E-state index contributed by atoms with van der Waals surface area (Å²) in [5, 5.41) is 8.58. The van der Waals surface area contributed by atoms with Gasteiger partial charge in [-0.05, 0) is 25.7 Å². The van der Waals surface area contributed by atoms with Crippen LogP contribution in [0.25, 0.3) is 0 Å². The summed E-state index contributed by atoms with van der Waals surface area (Å²) >= 11 is 0. The molecule has 11 heavy (non-hydrogen) atoms. The Kier molecular flexibility index (Phi) is 4.66. The van der Waals surface area contributed by atoms with Crippen molar-refractivity contribution >= 4 is 0 Å². The second-order valence-electron chi connectivity index (χ2n) is 3.86. The number of hydrogen-bond donors (Lipinski definition) is 1. The first-order valence-corrected chi connectivity index (χ1v) is 4.28. The molecule has 0 aromatic carbocycles. The molecule has 2 heteroatoms. The highest BCUT2D eigenvalue weighted by molar-refractivity contribution is 4.71. The molecule has 0 saturated heterocycles. The molecular formula is C9H19FO. The van der Waals surface area contributed by atoms with Gasteiger partial charge in [0, 0.05) is 0 Å². The van der Waals surface area contributed by atoms with Crippen LogP contribution in [-0.2, 0) is 0 Å². The lowest BCUT2D eigenvalue weighted by atomic mass is 9.98. The molecule has 0 spiro atoms. The zero-order chi connectivity index (χ0) is 8.91. The molecule has 1 nitrogen and oxygen atoms in total. The first kappa shape index (κ1) is 10.9. The number of halogens is 1. The lowest BCUT2D eigenvalue weighted by molar-refractivity contribution is 0.0765. The molecule has 0 aromatic heterocycles. The van der Waals surface area contributed by atoms with Gasteiger partial charge in [0.2, 0.25) is 0 Å². The molecule has 0 bridgehead atoms. The maximum absolute atomic E-state index is 13.0. The van der Waals surface area contributed by atoms with Crippen molar-refractivity contribution in [2.75, 3.05) is 6.61 Å². The smallest absolute Gasteiger partial charge is 0.131 e. The Morgan fingerprint density at radius 1 is 1.45 bits per heavy atom. The average Bonchev–Trinajstić information content (AvgIpc) is 1.87. The normalized spacial score (nSPS) is 16.9. The highest BCUT2D eigenvalue weighted by atomic mass is 19.1. The molecule has 0 aliphatic heterocycles. The van der Waals surface area contributed by atoms with E-state index in [0.717, 1.165) is 12.8 Å². The molecule has 1 atom stereocenters. The molecular weight excluding hydrogens is 143 g/mol. The Hall–Kier alpha value is -0.110. The van der Waals surface area contributed by atoms with Crippen molar-refractivity contribution in [2.45, 2.75) is 45.7 Å². The zero-order valence-electron chi connectivity index (χ0n) is 7.73. The third-order valence-electron chi connectivity index (χ3n) is 1.81. The van der Waals surface area contributed by atoms with E-state index >= 15 is 0 Å². The minimum absolute atomic E-state index is 0.356. The fraction of sp³-hybridized carbons (Fsp3) is 1.00. The third-order valence-corrected chi connectivity index (χ3v) is 1.81. The summed E-state index contributed by atoms with van der Waals surface area (Å²) in [7, 11) is 0. The van der Waals surface area contributed by atoms with E-state index in [9.17, 15) is 4.39 Å². The van der Waals surface area contributed by atoms with Crippen LogP contribution in [-0.4, -0.2) is 17.4 Å². The summed E-state index contributed by atoms with van der Waals surface area (Å²) in [4.78, 5) is 0. The van der Waals surface area contributed by atoms with Gasteiger partial charge < -0.3 is 5.11 Å². The number of rotatable bonds is 5. The predicted octanol–water partition coefficient (Wildman–Crippen LogP) is 2.53. The van der Waals surface area contributed by atoms with Crippen LogP contribution in [0, 0.1) is 5.92 Å². The largest absolute Gasteiger partial charge is 0.393 e. The Labute approximate surface area is 68.6 Å². The van der Waals surface area contributed by atoms with Crippen molar-refractivity contribution < 1.29 is 9.50 Å². The molecule has 1 N–H and O–H groups in total. The fourth-order valence-electron chi connectivity index (χ4n) is 0.958. The molecule has 1 unspecified atom stereocenters. The fourth-order valence-corrected chi connectivity index (χ4v) is 0.958. The molecule has 68 valence electrons. The summed E-state index contributed by atoms with van der Waals surface area (Å²) in [6.07, 6.45) is 2.38. The van der Waals surface area contributed by atoms with E-state index in [4.69, 9.17) is 5.11 Å². The van der Waals surface area contributed by atoms with Crippen LogP contribution in [0.15, 0.2) is 0 Å². The predicted molar refractivity (Wildman–Crippen MR) is 45.3 cm³/mol. The van der Waals surface area contributed by atoms with Gasteiger partial charge in [-0.2, -0.15) is 0 Å². The summed E-state index contributed by atoms with van der Waals surface area (Å²) in [6, 6.07) is 0. The molecule has 0 aliphatic rings. The van der Waals surface area contributed by atoms with Crippen molar-refractivity contribution in [1.29, 1.82) is 0 Å². The Morgan fingerprint density at radius 3 is 2.36 bits per heavy atom. The summed E-state index contributed by atoms with van der Waals surface area (Å²) in [5.41, 5.74) is -1.37. The standard InChI is InChI=1S/C9H19FO/c1-8(2)5-4-6-9(3,10)7-11/h8,11H,4-7H2,1-3H3. The molecule has 0 aromatic rings. The van der Waals surface area contributed by atoms with Gasteiger partial charge in [0.05, 0.1) is 6.61 Å². The topological polar surface area (TPSA) is 20.2 Å². The van der Waals surface area contributed by atoms with Crippen molar-refractivity contribution in [2.24, 2.45) is 5.92 Å². The van der Waals surface area contributed by atoms with Crippen LogP contribution in [0.5, 0.6) is 0 Å². The van der Waals surface area contributed by atoms with Gasteiger partial charge in [-0.25, -0.2) is 4.39 Å². The van der Waals surface area contributed by atoms with Gasteiger partial charge in [0.1, 0.15) is 5.67 Å². The van der Waals surface area contributed by atoms with E-state index in [-0.39, 0.29) is 6.61 Å². The van der Waals surface area contributed by atoms with Gasteiger partial charge in [-0.15, -0.1) is 0 Å². The van der Waals surface area contributed by atoms with Crippen LogP contribution in [0.3, 0.4) is 0 Å². The monoisotopic (exact) mass is 162 g/mol. The Bertz CT molecular complexity index is 99.7. The minimum Gasteiger partial charge on any atom is -0.393 e. The van der Waals surface area contributed by atoms with E-state index in [1.807, 2.05) is 0 Å². The Balaban J connectivity index is 3.38. The van der Waals surface area contributed by atoms with E-state index < -0.39 is 5.67 Å². The van der Waals surface area contributed by atoms with Crippen LogP contribution >= 0.6 is 0 Å². The van der Waals surface area contributed by atoms with E-state index in [0.29, 0.717) is 12.3 Å². The molecule has 0 saturated carbocycles. The van der Waals surface area contributed by atoms with Gasteiger partial charge in [-0.3, -0.25) is 0 Å². The number of aliphatic hydroxyl groups excluding tert-OH is 1. The van der Waals surface area contributed by atoms with Gasteiger partial charge >= 0.3 is 0 Å². The quantitative estimate of drug-likeness (QED) is 0.658. The minimum atomic E-state index is -1.37. The third kappa shape index (κ3) is 6.29. The maximum Gasteiger partial charge on any atom is 0.131 e. The van der Waals surface area contributed by atoms with Crippen LogP contribution in [0.1, 0.15) is 40.0 Å². The first-order valence-electron chi connectivity index (χ1n) is 4.28. The highest BCUT2D eigenvalue weighted by Gasteiger charge is 2.20. The second-order valence-corrected chi connectivity index (χ2v) is 3.86. The molecule has 0 amide bonds. The van der Waals surface area contributed by atoms with E-state index in [1.54, 1.807) is 0 Å². The van der Waals surface area contributed by atoms with Crippen LogP contribution in [0.4, 0.5) is 4.39 Å². The molecule has 0 fully saturated rings. The van der Waals surface area contributed by atoms with E-state index in [1.165, 1.54) is 6.92 Å². The molecule has 0 rings (SSSR count). The summed E-state index contributed by atoms with van der Waals surface area (Å²) < 4.78 is 13.0. The van der Waals surface area contributed by atoms with Crippen LogP contribution < -0.4 is 0 Å². The number of alkyl halides is 1. The zero-order valence-corrected chi connectivity index (χ0v) is 7.73. The lowest BCUT2D eigenvalue weighted by Gasteiger charge is -2.17. The van der Waals surface area contributed by atoms with Crippen molar-refractivity contribution in [3.63, 3.8) is 0 Å². The number of aliphatic hydroxyl groups is 1. The van der Waals surface area contributed by atoms with Gasteiger partial charge in [-0.1, -0.05) is 20.3 Å². The van der Waals surface area contributed by atoms with Crippen LogP contribution in [0.2, 0.25) is 0 Å². The SMILES string of the molecule is CC(C)CCCC(C)(F)CO. The highest BCUT2D eigenvalue weighted by Crippen LogP contribution is 2.19. The molecule has 0 heterocycles. The Morgan fingerprint density at radius 2 is 2.00 bits per heavy atom. The van der Waals surface area contributed by atoms with Crippen molar-refractivity contribution in [3.8, 4) is 0 Å².